The van der Waals surface area contributed by atoms with Crippen molar-refractivity contribution in [3.8, 4) is 5.75 Å². The van der Waals surface area contributed by atoms with Gasteiger partial charge in [0.05, 0.1) is 13.2 Å². The summed E-state index contributed by atoms with van der Waals surface area (Å²) >= 11 is 0. The van der Waals surface area contributed by atoms with Gasteiger partial charge in [0, 0.05) is 52.9 Å². The minimum atomic E-state index is 0.333. The van der Waals surface area contributed by atoms with Gasteiger partial charge in [0.15, 0.2) is 5.96 Å². The van der Waals surface area contributed by atoms with E-state index in [-0.39, 0.29) is 0 Å². The van der Waals surface area contributed by atoms with Gasteiger partial charge in [-0.1, -0.05) is 25.1 Å². The van der Waals surface area contributed by atoms with Crippen LogP contribution in [0.4, 0.5) is 0 Å². The van der Waals surface area contributed by atoms with E-state index in [1.807, 2.05) is 19.2 Å². The van der Waals surface area contributed by atoms with Crippen molar-refractivity contribution in [1.29, 1.82) is 0 Å². The van der Waals surface area contributed by atoms with Crippen molar-refractivity contribution in [1.82, 2.24) is 10.2 Å². The second kappa shape index (κ2) is 11.8. The van der Waals surface area contributed by atoms with Crippen LogP contribution in [-0.2, 0) is 9.47 Å². The standard InChI is InChI=1S/C21H35N3O3/c1-17(19-8-5-6-9-20(19)26-4)16-23-21(22-2)24-12-10-18(11-13-24)27-15-7-14-25-3/h5-6,8-9,17-18H,7,10-16H2,1-4H3,(H,22,23). The molecule has 2 rings (SSSR count). The Kier molecular flexibility index (Phi) is 9.42. The maximum absolute atomic E-state index is 5.95. The Morgan fingerprint density at radius 2 is 1.96 bits per heavy atom. The van der Waals surface area contributed by atoms with Crippen molar-refractivity contribution in [3.05, 3.63) is 29.8 Å². The predicted octanol–water partition coefficient (Wildman–Crippen LogP) is 2.89. The summed E-state index contributed by atoms with van der Waals surface area (Å²) in [5.41, 5.74) is 1.21. The fourth-order valence-corrected chi connectivity index (χ4v) is 3.45. The van der Waals surface area contributed by atoms with Crippen LogP contribution in [-0.4, -0.2) is 71.1 Å². The van der Waals surface area contributed by atoms with Gasteiger partial charge in [-0.05, 0) is 30.9 Å². The van der Waals surface area contributed by atoms with E-state index in [4.69, 9.17) is 14.2 Å². The van der Waals surface area contributed by atoms with E-state index in [0.717, 1.165) is 63.8 Å². The lowest BCUT2D eigenvalue weighted by Gasteiger charge is -2.34. The van der Waals surface area contributed by atoms with Crippen LogP contribution in [0, 0.1) is 0 Å². The van der Waals surface area contributed by atoms with Crippen molar-refractivity contribution in [2.45, 2.75) is 38.2 Å². The molecule has 0 spiro atoms. The molecule has 152 valence electrons. The lowest BCUT2D eigenvalue weighted by molar-refractivity contribution is 0.00990. The number of benzene rings is 1. The minimum absolute atomic E-state index is 0.333. The highest BCUT2D eigenvalue weighted by Crippen LogP contribution is 2.25. The smallest absolute Gasteiger partial charge is 0.193 e. The van der Waals surface area contributed by atoms with Gasteiger partial charge in [0.2, 0.25) is 0 Å². The van der Waals surface area contributed by atoms with Crippen molar-refractivity contribution < 1.29 is 14.2 Å². The van der Waals surface area contributed by atoms with Crippen LogP contribution >= 0.6 is 0 Å². The third kappa shape index (κ3) is 6.70. The molecule has 1 saturated heterocycles. The van der Waals surface area contributed by atoms with Crippen molar-refractivity contribution in [2.24, 2.45) is 4.99 Å². The van der Waals surface area contributed by atoms with E-state index < -0.39 is 0 Å². The number of nitrogens with one attached hydrogen (secondary N) is 1. The van der Waals surface area contributed by atoms with Crippen molar-refractivity contribution >= 4 is 5.96 Å². The van der Waals surface area contributed by atoms with Gasteiger partial charge in [-0.25, -0.2) is 0 Å². The quantitative estimate of drug-likeness (QED) is 0.407. The zero-order valence-corrected chi connectivity index (χ0v) is 17.2. The van der Waals surface area contributed by atoms with Crippen LogP contribution < -0.4 is 10.1 Å². The molecule has 1 N–H and O–H groups in total. The number of ether oxygens (including phenoxy) is 3. The Balaban J connectivity index is 1.77. The van der Waals surface area contributed by atoms with Crippen LogP contribution in [0.1, 0.15) is 37.7 Å². The molecule has 0 radical (unpaired) electrons. The lowest BCUT2D eigenvalue weighted by Crippen LogP contribution is -2.47. The molecule has 0 aromatic heterocycles. The molecule has 1 aliphatic heterocycles. The first-order valence-electron chi connectivity index (χ1n) is 9.88. The SMILES string of the molecule is CN=C(NCC(C)c1ccccc1OC)N1CCC(OCCCOC)CC1. The Hall–Kier alpha value is -1.79. The fourth-order valence-electron chi connectivity index (χ4n) is 3.45. The number of para-hydroxylation sites is 1. The highest BCUT2D eigenvalue weighted by molar-refractivity contribution is 5.80. The summed E-state index contributed by atoms with van der Waals surface area (Å²) in [6.07, 6.45) is 3.38. The predicted molar refractivity (Wildman–Crippen MR) is 110 cm³/mol. The molecule has 1 unspecified atom stereocenters. The third-order valence-electron chi connectivity index (χ3n) is 5.04. The molecule has 0 amide bonds. The molecule has 0 saturated carbocycles. The molecule has 1 aromatic carbocycles. The van der Waals surface area contributed by atoms with Crippen molar-refractivity contribution in [3.63, 3.8) is 0 Å². The molecule has 6 heteroatoms. The molecule has 1 heterocycles. The van der Waals surface area contributed by atoms with Gasteiger partial charge in [-0.3, -0.25) is 4.99 Å². The Bertz CT molecular complexity index is 572. The number of piperidine rings is 1. The summed E-state index contributed by atoms with van der Waals surface area (Å²) in [7, 11) is 5.30. The van der Waals surface area contributed by atoms with E-state index in [1.54, 1.807) is 14.2 Å². The zero-order chi connectivity index (χ0) is 19.5. The number of aliphatic imine (C=N–C) groups is 1. The Morgan fingerprint density at radius 1 is 1.22 bits per heavy atom. The van der Waals surface area contributed by atoms with Crippen LogP contribution in [0.15, 0.2) is 29.3 Å². The molecular formula is C21H35N3O3. The average molecular weight is 378 g/mol. The second-order valence-corrected chi connectivity index (χ2v) is 6.97. The zero-order valence-electron chi connectivity index (χ0n) is 17.2. The molecule has 27 heavy (non-hydrogen) atoms. The summed E-state index contributed by atoms with van der Waals surface area (Å²) in [5.74, 6) is 2.24. The summed E-state index contributed by atoms with van der Waals surface area (Å²) < 4.78 is 16.5. The van der Waals surface area contributed by atoms with E-state index >= 15 is 0 Å². The Morgan fingerprint density at radius 3 is 2.63 bits per heavy atom. The molecule has 0 bridgehead atoms. The second-order valence-electron chi connectivity index (χ2n) is 6.97. The van der Waals surface area contributed by atoms with Gasteiger partial charge in [0.25, 0.3) is 0 Å². The largest absolute Gasteiger partial charge is 0.496 e. The van der Waals surface area contributed by atoms with Gasteiger partial charge >= 0.3 is 0 Å². The molecule has 1 atom stereocenters. The first-order chi connectivity index (χ1) is 13.2. The third-order valence-corrected chi connectivity index (χ3v) is 5.04. The van der Waals surface area contributed by atoms with Gasteiger partial charge in [-0.15, -0.1) is 0 Å². The molecular weight excluding hydrogens is 342 g/mol. The first kappa shape index (κ1) is 21.5. The number of hydrogen-bond donors (Lipinski definition) is 1. The highest BCUT2D eigenvalue weighted by Gasteiger charge is 2.22. The lowest BCUT2D eigenvalue weighted by atomic mass is 10.00. The van der Waals surface area contributed by atoms with Gasteiger partial charge in [-0.2, -0.15) is 0 Å². The highest BCUT2D eigenvalue weighted by atomic mass is 16.5. The van der Waals surface area contributed by atoms with Crippen molar-refractivity contribution in [2.75, 3.05) is 54.1 Å². The van der Waals surface area contributed by atoms with E-state index in [2.05, 4.69) is 34.3 Å². The van der Waals surface area contributed by atoms with Gasteiger partial charge in [0.1, 0.15) is 5.75 Å². The topological polar surface area (TPSA) is 55.3 Å². The van der Waals surface area contributed by atoms with Crippen LogP contribution in [0.2, 0.25) is 0 Å². The molecule has 1 aliphatic rings. The molecule has 6 nitrogen and oxygen atoms in total. The number of methoxy groups -OCH3 is 2. The van der Waals surface area contributed by atoms with E-state index in [1.165, 1.54) is 5.56 Å². The number of likely N-dealkylation sites (tertiary alicyclic amines) is 1. The summed E-state index contributed by atoms with van der Waals surface area (Å²) in [6.45, 7) is 6.51. The minimum Gasteiger partial charge on any atom is -0.496 e. The monoisotopic (exact) mass is 377 g/mol. The van der Waals surface area contributed by atoms with Crippen LogP contribution in [0.3, 0.4) is 0 Å². The van der Waals surface area contributed by atoms with E-state index in [0.29, 0.717) is 12.0 Å². The number of rotatable bonds is 9. The Labute approximate surface area is 163 Å². The maximum Gasteiger partial charge on any atom is 0.193 e. The fraction of sp³-hybridized carbons (Fsp3) is 0.667. The molecule has 1 fully saturated rings. The summed E-state index contributed by atoms with van der Waals surface area (Å²) in [5, 5.41) is 3.53. The number of nitrogens with zero attached hydrogens (tertiary/aromatic N) is 2. The maximum atomic E-state index is 5.95. The normalized spacial score (nSPS) is 17.0. The van der Waals surface area contributed by atoms with Crippen LogP contribution in [0.25, 0.3) is 0 Å². The van der Waals surface area contributed by atoms with Crippen LogP contribution in [0.5, 0.6) is 5.75 Å². The van der Waals surface area contributed by atoms with E-state index in [9.17, 15) is 0 Å². The number of hydrogen-bond acceptors (Lipinski definition) is 4. The molecule has 0 aliphatic carbocycles. The van der Waals surface area contributed by atoms with Gasteiger partial charge < -0.3 is 24.4 Å². The average Bonchev–Trinajstić information content (AvgIpc) is 2.72. The molecule has 1 aromatic rings. The first-order valence-corrected chi connectivity index (χ1v) is 9.88. The summed E-state index contributed by atoms with van der Waals surface area (Å²) in [4.78, 5) is 6.80. The number of guanidine groups is 1. The summed E-state index contributed by atoms with van der Waals surface area (Å²) in [6, 6.07) is 8.20.